The van der Waals surface area contributed by atoms with Crippen LogP contribution in [0.1, 0.15) is 32.1 Å². The van der Waals surface area contributed by atoms with E-state index in [2.05, 4.69) is 4.90 Å². The van der Waals surface area contributed by atoms with Gasteiger partial charge < -0.3 is 10.6 Å². The molecule has 0 aromatic heterocycles. The van der Waals surface area contributed by atoms with Gasteiger partial charge in [-0.1, -0.05) is 0 Å². The van der Waals surface area contributed by atoms with Gasteiger partial charge in [0.2, 0.25) is 0 Å². The lowest BCUT2D eigenvalue weighted by Crippen LogP contribution is -2.46. The quantitative estimate of drug-likeness (QED) is 0.840. The second-order valence-electron chi connectivity index (χ2n) is 6.69. The first kappa shape index (κ1) is 13.7. The van der Waals surface area contributed by atoms with Gasteiger partial charge >= 0.3 is 6.18 Å². The minimum absolute atomic E-state index is 0.263. The number of alkyl halides is 3. The van der Waals surface area contributed by atoms with Gasteiger partial charge in [0, 0.05) is 12.6 Å². The number of rotatable bonds is 2. The fourth-order valence-electron chi connectivity index (χ4n) is 4.47. The Bertz CT molecular complexity index is 321. The van der Waals surface area contributed by atoms with Crippen LogP contribution in [0, 0.1) is 23.7 Å². The lowest BCUT2D eigenvalue weighted by molar-refractivity contribution is -0.185. The molecule has 0 amide bonds. The molecule has 0 radical (unpaired) electrons. The Morgan fingerprint density at radius 2 is 1.63 bits per heavy atom. The highest BCUT2D eigenvalue weighted by atomic mass is 19.4. The van der Waals surface area contributed by atoms with Gasteiger partial charge in [0.15, 0.2) is 0 Å². The second kappa shape index (κ2) is 4.92. The van der Waals surface area contributed by atoms with Crippen molar-refractivity contribution in [2.45, 2.75) is 44.3 Å². The van der Waals surface area contributed by atoms with Crippen LogP contribution in [-0.2, 0) is 0 Å². The van der Waals surface area contributed by atoms with Crippen molar-refractivity contribution in [1.29, 1.82) is 0 Å². The van der Waals surface area contributed by atoms with Crippen LogP contribution in [0.25, 0.3) is 0 Å². The van der Waals surface area contributed by atoms with Crippen molar-refractivity contribution in [1.82, 2.24) is 4.90 Å². The maximum atomic E-state index is 12.6. The third-order valence-corrected chi connectivity index (χ3v) is 5.68. The highest BCUT2D eigenvalue weighted by Crippen LogP contribution is 2.48. The normalized spacial score (nSPS) is 41.1. The summed E-state index contributed by atoms with van der Waals surface area (Å²) in [6.45, 7) is 2.10. The standard InChI is InChI=1S/C14H23F3N2/c15-14(16,17)11-3-5-19(6-4-11)8-12-9-1-2-10(7-9)13(12)18/h9-13H,1-8,18H2. The van der Waals surface area contributed by atoms with E-state index in [0.29, 0.717) is 31.0 Å². The van der Waals surface area contributed by atoms with Gasteiger partial charge in [-0.3, -0.25) is 0 Å². The molecule has 1 aliphatic heterocycles. The van der Waals surface area contributed by atoms with Crippen molar-refractivity contribution in [3.63, 3.8) is 0 Å². The van der Waals surface area contributed by atoms with Gasteiger partial charge in [-0.2, -0.15) is 13.2 Å². The van der Waals surface area contributed by atoms with Crippen molar-refractivity contribution in [2.75, 3.05) is 19.6 Å². The molecular formula is C14H23F3N2. The fraction of sp³-hybridized carbons (Fsp3) is 1.00. The van der Waals surface area contributed by atoms with Crippen LogP contribution < -0.4 is 5.73 Å². The molecule has 110 valence electrons. The van der Waals surface area contributed by atoms with Crippen molar-refractivity contribution >= 4 is 0 Å². The van der Waals surface area contributed by atoms with Crippen LogP contribution in [0.5, 0.6) is 0 Å². The third-order valence-electron chi connectivity index (χ3n) is 5.68. The van der Waals surface area contributed by atoms with Crippen LogP contribution in [-0.4, -0.2) is 36.8 Å². The first-order valence-electron chi connectivity index (χ1n) is 7.50. The molecule has 2 aliphatic carbocycles. The first-order valence-corrected chi connectivity index (χ1v) is 7.50. The first-order chi connectivity index (χ1) is 8.95. The predicted molar refractivity (Wildman–Crippen MR) is 67.5 cm³/mol. The molecule has 4 atom stereocenters. The Labute approximate surface area is 112 Å². The van der Waals surface area contributed by atoms with Gasteiger partial charge in [0.1, 0.15) is 0 Å². The predicted octanol–water partition coefficient (Wildman–Crippen LogP) is 2.63. The highest BCUT2D eigenvalue weighted by molar-refractivity contribution is 5.00. The molecule has 3 aliphatic rings. The maximum Gasteiger partial charge on any atom is 0.391 e. The minimum Gasteiger partial charge on any atom is -0.327 e. The number of hydrogen-bond donors (Lipinski definition) is 1. The summed E-state index contributed by atoms with van der Waals surface area (Å²) >= 11 is 0. The molecule has 2 nitrogen and oxygen atoms in total. The smallest absolute Gasteiger partial charge is 0.327 e. The summed E-state index contributed by atoms with van der Waals surface area (Å²) in [5.74, 6) is 0.863. The Hall–Kier alpha value is -0.290. The second-order valence-corrected chi connectivity index (χ2v) is 6.69. The molecule has 2 N–H and O–H groups in total. The Kier molecular flexibility index (Phi) is 3.54. The van der Waals surface area contributed by atoms with E-state index in [0.717, 1.165) is 12.5 Å². The van der Waals surface area contributed by atoms with Crippen LogP contribution in [0.15, 0.2) is 0 Å². The number of fused-ring (bicyclic) bond motifs is 2. The van der Waals surface area contributed by atoms with Crippen molar-refractivity contribution in [2.24, 2.45) is 29.4 Å². The Morgan fingerprint density at radius 3 is 2.16 bits per heavy atom. The van der Waals surface area contributed by atoms with E-state index in [1.807, 2.05) is 0 Å². The molecule has 2 bridgehead atoms. The largest absolute Gasteiger partial charge is 0.391 e. The van der Waals surface area contributed by atoms with Gasteiger partial charge in [0.25, 0.3) is 0 Å². The molecule has 4 unspecified atom stereocenters. The molecule has 0 aromatic rings. The number of nitrogens with zero attached hydrogens (tertiary/aromatic N) is 1. The number of hydrogen-bond acceptors (Lipinski definition) is 2. The highest BCUT2D eigenvalue weighted by Gasteiger charge is 2.47. The average Bonchev–Trinajstić information content (AvgIpc) is 2.93. The average molecular weight is 276 g/mol. The zero-order chi connectivity index (χ0) is 13.6. The monoisotopic (exact) mass is 276 g/mol. The zero-order valence-corrected chi connectivity index (χ0v) is 11.2. The lowest BCUT2D eigenvalue weighted by atomic mass is 9.84. The number of halogens is 3. The molecule has 19 heavy (non-hydrogen) atoms. The molecule has 3 rings (SSSR count). The molecule has 1 saturated heterocycles. The molecular weight excluding hydrogens is 253 g/mol. The Balaban J connectivity index is 1.50. The van der Waals surface area contributed by atoms with Crippen molar-refractivity contribution in [3.05, 3.63) is 0 Å². The molecule has 0 spiro atoms. The third kappa shape index (κ3) is 2.64. The van der Waals surface area contributed by atoms with Gasteiger partial charge in [-0.25, -0.2) is 0 Å². The van der Waals surface area contributed by atoms with E-state index in [9.17, 15) is 13.2 Å². The van der Waals surface area contributed by atoms with Crippen LogP contribution in [0.2, 0.25) is 0 Å². The SMILES string of the molecule is NC1C2CCC(C2)C1CN1CCC(C(F)(F)F)CC1. The summed E-state index contributed by atoms with van der Waals surface area (Å²) in [5, 5.41) is 0. The van der Waals surface area contributed by atoms with E-state index in [1.54, 1.807) is 0 Å². The zero-order valence-electron chi connectivity index (χ0n) is 11.2. The molecule has 1 heterocycles. The minimum atomic E-state index is -4.01. The van der Waals surface area contributed by atoms with E-state index < -0.39 is 12.1 Å². The fourth-order valence-corrected chi connectivity index (χ4v) is 4.47. The van der Waals surface area contributed by atoms with Gasteiger partial charge in [0.05, 0.1) is 5.92 Å². The van der Waals surface area contributed by atoms with Crippen LogP contribution in [0.3, 0.4) is 0 Å². The molecule has 2 saturated carbocycles. The van der Waals surface area contributed by atoms with Crippen LogP contribution >= 0.6 is 0 Å². The summed E-state index contributed by atoms with van der Waals surface area (Å²) in [6, 6.07) is 0.291. The topological polar surface area (TPSA) is 29.3 Å². The van der Waals surface area contributed by atoms with Crippen LogP contribution in [0.4, 0.5) is 13.2 Å². The van der Waals surface area contributed by atoms with E-state index in [4.69, 9.17) is 5.73 Å². The Morgan fingerprint density at radius 1 is 1.00 bits per heavy atom. The lowest BCUT2D eigenvalue weighted by Gasteiger charge is -2.37. The van der Waals surface area contributed by atoms with Crippen molar-refractivity contribution in [3.8, 4) is 0 Å². The molecule has 3 fully saturated rings. The molecule has 0 aromatic carbocycles. The van der Waals surface area contributed by atoms with E-state index in [1.165, 1.54) is 19.3 Å². The summed E-state index contributed by atoms with van der Waals surface area (Å²) < 4.78 is 37.9. The summed E-state index contributed by atoms with van der Waals surface area (Å²) in [5.41, 5.74) is 6.27. The number of likely N-dealkylation sites (tertiary alicyclic amines) is 1. The summed E-state index contributed by atoms with van der Waals surface area (Å²) in [6.07, 6.45) is 0.319. The van der Waals surface area contributed by atoms with E-state index in [-0.39, 0.29) is 12.8 Å². The van der Waals surface area contributed by atoms with Crippen molar-refractivity contribution < 1.29 is 13.2 Å². The number of piperidine rings is 1. The number of nitrogens with two attached hydrogens (primary N) is 1. The molecule has 5 heteroatoms. The summed E-state index contributed by atoms with van der Waals surface area (Å²) in [7, 11) is 0. The van der Waals surface area contributed by atoms with E-state index >= 15 is 0 Å². The summed E-state index contributed by atoms with van der Waals surface area (Å²) in [4.78, 5) is 2.22. The van der Waals surface area contributed by atoms with Gasteiger partial charge in [-0.15, -0.1) is 0 Å². The van der Waals surface area contributed by atoms with Gasteiger partial charge in [-0.05, 0) is 62.9 Å². The maximum absolute atomic E-state index is 12.6.